The lowest BCUT2D eigenvalue weighted by molar-refractivity contribution is 0.214. The molecule has 1 rings (SSSR count). The molecule has 0 radical (unpaired) electrons. The maximum absolute atomic E-state index is 5.74. The maximum Gasteiger partial charge on any atom is 0.324 e. The van der Waals surface area contributed by atoms with Crippen LogP contribution in [0.5, 0.6) is 12.0 Å². The van der Waals surface area contributed by atoms with Crippen LogP contribution >= 0.6 is 0 Å². The number of hydrogen-bond donors (Lipinski definition) is 1. The molecule has 0 amide bonds. The first kappa shape index (κ1) is 17.5. The molecule has 21 heavy (non-hydrogen) atoms. The summed E-state index contributed by atoms with van der Waals surface area (Å²) in [4.78, 5) is 12.6. The zero-order valence-corrected chi connectivity index (χ0v) is 13.7. The fourth-order valence-electron chi connectivity index (χ4n) is 1.90. The van der Waals surface area contributed by atoms with Crippen molar-refractivity contribution in [3.63, 3.8) is 0 Å². The summed E-state index contributed by atoms with van der Waals surface area (Å²) in [5.74, 6) is 1.04. The second-order valence-electron chi connectivity index (χ2n) is 5.08. The minimum Gasteiger partial charge on any atom is -0.467 e. The van der Waals surface area contributed by atoms with Gasteiger partial charge in [-0.15, -0.1) is 4.98 Å². The topological polar surface area (TPSA) is 69.2 Å². The fourth-order valence-corrected chi connectivity index (χ4v) is 1.90. The molecule has 1 atom stereocenters. The number of aromatic nitrogens is 3. The summed E-state index contributed by atoms with van der Waals surface area (Å²) in [6.07, 6.45) is 5.71. The highest BCUT2D eigenvalue weighted by molar-refractivity contribution is 5.27. The van der Waals surface area contributed by atoms with Gasteiger partial charge in [0, 0.05) is 6.54 Å². The SMILES string of the molecule is CCCCC(CC)COc1nc(NCCC)nc(OC)n1. The van der Waals surface area contributed by atoms with Crippen molar-refractivity contribution in [2.45, 2.75) is 52.9 Å². The monoisotopic (exact) mass is 296 g/mol. The highest BCUT2D eigenvalue weighted by atomic mass is 16.5. The van der Waals surface area contributed by atoms with Gasteiger partial charge in [0.2, 0.25) is 5.95 Å². The molecule has 0 saturated heterocycles. The van der Waals surface area contributed by atoms with Crippen molar-refractivity contribution in [2.75, 3.05) is 25.6 Å². The highest BCUT2D eigenvalue weighted by Crippen LogP contribution is 2.16. The number of hydrogen-bond acceptors (Lipinski definition) is 6. The minimum atomic E-state index is 0.278. The van der Waals surface area contributed by atoms with Gasteiger partial charge in [-0.25, -0.2) is 0 Å². The van der Waals surface area contributed by atoms with Crippen molar-refractivity contribution < 1.29 is 9.47 Å². The normalized spacial score (nSPS) is 12.0. The van der Waals surface area contributed by atoms with Crippen molar-refractivity contribution in [1.82, 2.24) is 15.0 Å². The first-order chi connectivity index (χ1) is 10.2. The van der Waals surface area contributed by atoms with Crippen LogP contribution in [0.4, 0.5) is 5.95 Å². The van der Waals surface area contributed by atoms with Gasteiger partial charge in [-0.2, -0.15) is 9.97 Å². The van der Waals surface area contributed by atoms with Crippen LogP contribution in [-0.2, 0) is 0 Å². The summed E-state index contributed by atoms with van der Waals surface area (Å²) in [6.45, 7) is 7.92. The number of unbranched alkanes of at least 4 members (excludes halogenated alkanes) is 1. The Labute approximate surface area is 127 Å². The maximum atomic E-state index is 5.74. The Bertz CT molecular complexity index is 401. The van der Waals surface area contributed by atoms with Crippen molar-refractivity contribution in [3.8, 4) is 12.0 Å². The zero-order valence-electron chi connectivity index (χ0n) is 13.7. The predicted octanol–water partition coefficient (Wildman–Crippen LogP) is 3.30. The van der Waals surface area contributed by atoms with Crippen LogP contribution in [0.25, 0.3) is 0 Å². The molecule has 1 heterocycles. The highest BCUT2D eigenvalue weighted by Gasteiger charge is 2.11. The molecule has 1 N–H and O–H groups in total. The fraction of sp³-hybridized carbons (Fsp3) is 0.800. The summed E-state index contributed by atoms with van der Waals surface area (Å²) >= 11 is 0. The van der Waals surface area contributed by atoms with Crippen molar-refractivity contribution in [3.05, 3.63) is 0 Å². The van der Waals surface area contributed by atoms with E-state index in [-0.39, 0.29) is 6.01 Å². The smallest absolute Gasteiger partial charge is 0.324 e. The Morgan fingerprint density at radius 1 is 1.05 bits per heavy atom. The van der Waals surface area contributed by atoms with Gasteiger partial charge < -0.3 is 14.8 Å². The predicted molar refractivity (Wildman–Crippen MR) is 84.0 cm³/mol. The van der Waals surface area contributed by atoms with E-state index in [0.29, 0.717) is 24.5 Å². The third-order valence-electron chi connectivity index (χ3n) is 3.30. The van der Waals surface area contributed by atoms with Crippen LogP contribution in [0.15, 0.2) is 0 Å². The quantitative estimate of drug-likeness (QED) is 0.675. The number of nitrogens with zero attached hydrogens (tertiary/aromatic N) is 3. The molecule has 0 spiro atoms. The molecule has 0 saturated carbocycles. The van der Waals surface area contributed by atoms with Gasteiger partial charge in [0.15, 0.2) is 0 Å². The summed E-state index contributed by atoms with van der Waals surface area (Å²) < 4.78 is 10.8. The van der Waals surface area contributed by atoms with Crippen molar-refractivity contribution in [1.29, 1.82) is 0 Å². The van der Waals surface area contributed by atoms with E-state index in [4.69, 9.17) is 9.47 Å². The molecule has 6 heteroatoms. The van der Waals surface area contributed by atoms with Crippen molar-refractivity contribution >= 4 is 5.95 Å². The Morgan fingerprint density at radius 3 is 2.43 bits per heavy atom. The number of methoxy groups -OCH3 is 1. The standard InChI is InChI=1S/C15H28N4O2/c1-5-8-9-12(7-3)11-21-15-18-13(16-10-6-2)17-14(19-15)20-4/h12H,5-11H2,1-4H3,(H,16,17,18,19). The first-order valence-corrected chi connectivity index (χ1v) is 7.90. The van der Waals surface area contributed by atoms with E-state index in [1.807, 2.05) is 0 Å². The number of nitrogens with one attached hydrogen (secondary N) is 1. The third-order valence-corrected chi connectivity index (χ3v) is 3.30. The zero-order chi connectivity index (χ0) is 15.5. The van der Waals surface area contributed by atoms with Gasteiger partial charge in [-0.1, -0.05) is 40.0 Å². The summed E-state index contributed by atoms with van der Waals surface area (Å²) in [6, 6.07) is 0.607. The largest absolute Gasteiger partial charge is 0.467 e. The van der Waals surface area contributed by atoms with E-state index < -0.39 is 0 Å². The Kier molecular flexibility index (Phi) is 8.47. The van der Waals surface area contributed by atoms with Crippen LogP contribution in [0.3, 0.4) is 0 Å². The van der Waals surface area contributed by atoms with Crippen LogP contribution in [0.2, 0.25) is 0 Å². The van der Waals surface area contributed by atoms with Gasteiger partial charge >= 0.3 is 12.0 Å². The van der Waals surface area contributed by atoms with Crippen LogP contribution in [-0.4, -0.2) is 35.2 Å². The average molecular weight is 296 g/mol. The molecule has 0 aromatic carbocycles. The van der Waals surface area contributed by atoms with Gasteiger partial charge in [-0.3, -0.25) is 0 Å². The minimum absolute atomic E-state index is 0.278. The molecule has 0 aliphatic carbocycles. The van der Waals surface area contributed by atoms with Gasteiger partial charge in [0.25, 0.3) is 0 Å². The Morgan fingerprint density at radius 2 is 1.81 bits per heavy atom. The van der Waals surface area contributed by atoms with Crippen LogP contribution in [0.1, 0.15) is 52.9 Å². The van der Waals surface area contributed by atoms with Gasteiger partial charge in [-0.05, 0) is 18.8 Å². The van der Waals surface area contributed by atoms with E-state index >= 15 is 0 Å². The van der Waals surface area contributed by atoms with E-state index in [0.717, 1.165) is 19.4 Å². The van der Waals surface area contributed by atoms with E-state index in [2.05, 4.69) is 41.0 Å². The number of anilines is 1. The van der Waals surface area contributed by atoms with Crippen LogP contribution in [0, 0.1) is 5.92 Å². The molecular formula is C15H28N4O2. The molecule has 0 bridgehead atoms. The summed E-state index contributed by atoms with van der Waals surface area (Å²) in [5.41, 5.74) is 0. The molecule has 1 aromatic heterocycles. The van der Waals surface area contributed by atoms with E-state index in [1.54, 1.807) is 7.11 Å². The second-order valence-corrected chi connectivity index (χ2v) is 5.08. The molecule has 0 aliphatic rings. The summed E-state index contributed by atoms with van der Waals surface area (Å²) in [5, 5.41) is 3.12. The molecule has 0 aliphatic heterocycles. The van der Waals surface area contributed by atoms with E-state index in [9.17, 15) is 0 Å². The molecule has 120 valence electrons. The second kappa shape index (κ2) is 10.2. The molecule has 1 unspecified atom stereocenters. The molecule has 0 fully saturated rings. The number of rotatable bonds is 11. The first-order valence-electron chi connectivity index (χ1n) is 7.90. The summed E-state index contributed by atoms with van der Waals surface area (Å²) in [7, 11) is 1.54. The lowest BCUT2D eigenvalue weighted by atomic mass is 10.0. The molecular weight excluding hydrogens is 268 g/mol. The third kappa shape index (κ3) is 6.60. The Balaban J connectivity index is 2.63. The molecule has 6 nitrogen and oxygen atoms in total. The van der Waals surface area contributed by atoms with Gasteiger partial charge in [0.05, 0.1) is 13.7 Å². The van der Waals surface area contributed by atoms with Crippen molar-refractivity contribution in [2.24, 2.45) is 5.92 Å². The lowest BCUT2D eigenvalue weighted by Gasteiger charge is -2.15. The lowest BCUT2D eigenvalue weighted by Crippen LogP contribution is -2.14. The Hall–Kier alpha value is -1.59. The number of ether oxygens (including phenoxy) is 2. The molecule has 1 aromatic rings. The van der Waals surface area contributed by atoms with E-state index in [1.165, 1.54) is 19.3 Å². The average Bonchev–Trinajstić information content (AvgIpc) is 2.52. The van der Waals surface area contributed by atoms with Gasteiger partial charge in [0.1, 0.15) is 0 Å². The van der Waals surface area contributed by atoms with Crippen LogP contribution < -0.4 is 14.8 Å².